The van der Waals surface area contributed by atoms with Crippen LogP contribution in [0.2, 0.25) is 0 Å². The van der Waals surface area contributed by atoms with Crippen molar-refractivity contribution < 1.29 is 0 Å². The van der Waals surface area contributed by atoms with E-state index in [9.17, 15) is 0 Å². The van der Waals surface area contributed by atoms with E-state index >= 15 is 0 Å². The lowest BCUT2D eigenvalue weighted by molar-refractivity contribution is 0.988. The number of pyridine rings is 1. The van der Waals surface area contributed by atoms with Crippen LogP contribution in [-0.2, 0) is 6.54 Å². The summed E-state index contributed by atoms with van der Waals surface area (Å²) in [6.07, 6.45) is 5.73. The summed E-state index contributed by atoms with van der Waals surface area (Å²) in [7, 11) is 4.06. The molecule has 3 aromatic heterocycles. The minimum atomic E-state index is 0.732. The highest BCUT2D eigenvalue weighted by Gasteiger charge is 2.10. The second-order valence-corrected chi connectivity index (χ2v) is 5.71. The third kappa shape index (κ3) is 2.22. The summed E-state index contributed by atoms with van der Waals surface area (Å²) in [5.74, 6) is 0. The lowest BCUT2D eigenvalue weighted by Crippen LogP contribution is -2.13. The molecule has 0 aliphatic heterocycles. The summed E-state index contributed by atoms with van der Waals surface area (Å²) in [5.41, 5.74) is 4.42. The Morgan fingerprint density at radius 2 is 2.25 bits per heavy atom. The van der Waals surface area contributed by atoms with Crippen molar-refractivity contribution in [3.05, 3.63) is 41.4 Å². The summed E-state index contributed by atoms with van der Waals surface area (Å²) in [4.78, 5) is 11.9. The Bertz CT molecular complexity index is 728. The maximum Gasteiger partial charge on any atom is 0.194 e. The molecule has 0 bridgehead atoms. The predicted molar refractivity (Wildman–Crippen MR) is 83.7 cm³/mol. The van der Waals surface area contributed by atoms with E-state index < -0.39 is 0 Å². The molecule has 0 amide bonds. The summed E-state index contributed by atoms with van der Waals surface area (Å²) in [6, 6.07) is 2.01. The number of anilines is 2. The number of aryl methyl sites for hydroxylation is 1. The minimum absolute atomic E-state index is 0.732. The van der Waals surface area contributed by atoms with Gasteiger partial charge in [-0.1, -0.05) is 0 Å². The molecule has 0 atom stereocenters. The van der Waals surface area contributed by atoms with Gasteiger partial charge in [-0.15, -0.1) is 11.3 Å². The quantitative estimate of drug-likeness (QED) is 0.801. The Hall–Kier alpha value is -2.08. The molecule has 0 aliphatic carbocycles. The second kappa shape index (κ2) is 5.13. The standard InChI is InChI=1S/C14H17N5S/c1-10-13(19-6-7-20-14(19)17-10)9-16-11-8-15-5-4-12(11)18(2)3/h4-8,16H,9H2,1-3H3. The van der Waals surface area contributed by atoms with E-state index in [1.54, 1.807) is 11.3 Å². The molecule has 0 fully saturated rings. The Balaban J connectivity index is 1.86. The second-order valence-electron chi connectivity index (χ2n) is 4.84. The molecular formula is C14H17N5S. The normalized spacial score (nSPS) is 10.9. The van der Waals surface area contributed by atoms with Gasteiger partial charge in [0.05, 0.1) is 35.5 Å². The zero-order chi connectivity index (χ0) is 14.1. The maximum atomic E-state index is 4.56. The molecule has 3 heterocycles. The van der Waals surface area contributed by atoms with Crippen LogP contribution in [-0.4, -0.2) is 28.5 Å². The predicted octanol–water partition coefficient (Wildman–Crippen LogP) is 2.78. The average Bonchev–Trinajstić information content (AvgIpc) is 2.97. The van der Waals surface area contributed by atoms with Crippen molar-refractivity contribution >= 4 is 27.7 Å². The van der Waals surface area contributed by atoms with Crippen LogP contribution in [0.15, 0.2) is 30.0 Å². The fourth-order valence-electron chi connectivity index (χ4n) is 2.25. The van der Waals surface area contributed by atoms with Crippen LogP contribution >= 0.6 is 11.3 Å². The smallest absolute Gasteiger partial charge is 0.194 e. The van der Waals surface area contributed by atoms with Gasteiger partial charge in [0, 0.05) is 31.9 Å². The Morgan fingerprint density at radius 3 is 3.05 bits per heavy atom. The first-order valence-electron chi connectivity index (χ1n) is 6.43. The summed E-state index contributed by atoms with van der Waals surface area (Å²) in [5, 5.41) is 5.52. The molecule has 1 N–H and O–H groups in total. The van der Waals surface area contributed by atoms with Crippen molar-refractivity contribution in [3.8, 4) is 0 Å². The molecule has 3 aromatic rings. The molecule has 0 saturated carbocycles. The molecule has 3 rings (SSSR count). The number of thiazole rings is 1. The van der Waals surface area contributed by atoms with Crippen molar-refractivity contribution in [2.45, 2.75) is 13.5 Å². The van der Waals surface area contributed by atoms with Crippen LogP contribution in [0.1, 0.15) is 11.4 Å². The van der Waals surface area contributed by atoms with Crippen LogP contribution in [0.3, 0.4) is 0 Å². The topological polar surface area (TPSA) is 45.5 Å². The lowest BCUT2D eigenvalue weighted by Gasteiger charge is -2.17. The monoisotopic (exact) mass is 287 g/mol. The molecule has 6 heteroatoms. The van der Waals surface area contributed by atoms with Gasteiger partial charge in [0.1, 0.15) is 0 Å². The molecule has 0 saturated heterocycles. The Labute approximate surface area is 121 Å². The number of imidazole rings is 1. The van der Waals surface area contributed by atoms with Crippen molar-refractivity contribution in [2.75, 3.05) is 24.3 Å². The van der Waals surface area contributed by atoms with Gasteiger partial charge in [0.15, 0.2) is 4.96 Å². The molecule has 0 radical (unpaired) electrons. The maximum absolute atomic E-state index is 4.56. The molecule has 0 aliphatic rings. The van der Waals surface area contributed by atoms with Gasteiger partial charge in [-0.25, -0.2) is 4.98 Å². The van der Waals surface area contributed by atoms with Crippen LogP contribution in [0, 0.1) is 6.92 Å². The van der Waals surface area contributed by atoms with Crippen LogP contribution < -0.4 is 10.2 Å². The molecule has 104 valence electrons. The highest BCUT2D eigenvalue weighted by molar-refractivity contribution is 7.15. The number of hydrogen-bond donors (Lipinski definition) is 1. The van der Waals surface area contributed by atoms with Gasteiger partial charge in [-0.05, 0) is 13.0 Å². The zero-order valence-electron chi connectivity index (χ0n) is 11.8. The third-order valence-corrected chi connectivity index (χ3v) is 4.04. The largest absolute Gasteiger partial charge is 0.376 e. The van der Waals surface area contributed by atoms with E-state index in [0.29, 0.717) is 0 Å². The first kappa shape index (κ1) is 12.9. The molecule has 0 spiro atoms. The minimum Gasteiger partial charge on any atom is -0.376 e. The van der Waals surface area contributed by atoms with Gasteiger partial charge >= 0.3 is 0 Å². The number of rotatable bonds is 4. The molecule has 20 heavy (non-hydrogen) atoms. The third-order valence-electron chi connectivity index (χ3n) is 3.29. The van der Waals surface area contributed by atoms with E-state index in [4.69, 9.17) is 0 Å². The fourth-order valence-corrected chi connectivity index (χ4v) is 3.02. The number of hydrogen-bond acceptors (Lipinski definition) is 5. The molecule has 5 nitrogen and oxygen atoms in total. The van der Waals surface area contributed by atoms with Gasteiger partial charge < -0.3 is 10.2 Å². The Morgan fingerprint density at radius 1 is 1.40 bits per heavy atom. The summed E-state index contributed by atoms with van der Waals surface area (Å²) >= 11 is 1.66. The zero-order valence-corrected chi connectivity index (χ0v) is 12.6. The first-order chi connectivity index (χ1) is 9.66. The molecule has 0 unspecified atom stereocenters. The number of aromatic nitrogens is 3. The van der Waals surface area contributed by atoms with E-state index in [2.05, 4.69) is 36.2 Å². The van der Waals surface area contributed by atoms with Crippen molar-refractivity contribution in [3.63, 3.8) is 0 Å². The summed E-state index contributed by atoms with van der Waals surface area (Å²) in [6.45, 7) is 2.78. The molecule has 0 aromatic carbocycles. The fraction of sp³-hybridized carbons (Fsp3) is 0.286. The number of nitrogens with zero attached hydrogens (tertiary/aromatic N) is 4. The highest BCUT2D eigenvalue weighted by atomic mass is 32.1. The van der Waals surface area contributed by atoms with Gasteiger partial charge in [-0.2, -0.15) is 0 Å². The van der Waals surface area contributed by atoms with E-state index in [-0.39, 0.29) is 0 Å². The van der Waals surface area contributed by atoms with Crippen LogP contribution in [0.5, 0.6) is 0 Å². The van der Waals surface area contributed by atoms with Crippen molar-refractivity contribution in [1.29, 1.82) is 0 Å². The van der Waals surface area contributed by atoms with Gasteiger partial charge in [0.2, 0.25) is 0 Å². The lowest BCUT2D eigenvalue weighted by atomic mass is 10.3. The van der Waals surface area contributed by atoms with Crippen LogP contribution in [0.4, 0.5) is 11.4 Å². The van der Waals surface area contributed by atoms with Crippen molar-refractivity contribution in [2.24, 2.45) is 0 Å². The van der Waals surface area contributed by atoms with E-state index in [0.717, 1.165) is 28.6 Å². The molecular weight excluding hydrogens is 270 g/mol. The van der Waals surface area contributed by atoms with Gasteiger partial charge in [-0.3, -0.25) is 9.38 Å². The van der Waals surface area contributed by atoms with Gasteiger partial charge in [0.25, 0.3) is 0 Å². The van der Waals surface area contributed by atoms with E-state index in [1.165, 1.54) is 5.69 Å². The average molecular weight is 287 g/mol. The Kier molecular flexibility index (Phi) is 3.31. The van der Waals surface area contributed by atoms with Crippen LogP contribution in [0.25, 0.3) is 4.96 Å². The van der Waals surface area contributed by atoms with Crippen molar-refractivity contribution in [1.82, 2.24) is 14.4 Å². The number of fused-ring (bicyclic) bond motifs is 1. The highest BCUT2D eigenvalue weighted by Crippen LogP contribution is 2.24. The SMILES string of the molecule is Cc1nc2sccn2c1CNc1cnccc1N(C)C. The number of nitrogens with one attached hydrogen (secondary N) is 1. The van der Waals surface area contributed by atoms with E-state index in [1.807, 2.05) is 39.5 Å². The first-order valence-corrected chi connectivity index (χ1v) is 7.31. The summed E-state index contributed by atoms with van der Waals surface area (Å²) < 4.78 is 2.14.